The van der Waals surface area contributed by atoms with Gasteiger partial charge in [-0.25, -0.2) is 15.0 Å². The lowest BCUT2D eigenvalue weighted by molar-refractivity contribution is 0.178. The lowest BCUT2D eigenvalue weighted by atomic mass is 10.1. The van der Waals surface area contributed by atoms with Crippen LogP contribution in [0.2, 0.25) is 0 Å². The number of methoxy groups -OCH3 is 1. The Morgan fingerprint density at radius 2 is 2.08 bits per heavy atom. The Morgan fingerprint density at radius 1 is 1.23 bits per heavy atom. The zero-order chi connectivity index (χ0) is 17.9. The minimum Gasteiger partial charge on any atom is -0.377 e. The Bertz CT molecular complexity index is 999. The van der Waals surface area contributed by atoms with E-state index in [1.807, 2.05) is 25.1 Å². The molecule has 132 valence electrons. The number of fused-ring (bicyclic) bond motifs is 1. The van der Waals surface area contributed by atoms with Crippen LogP contribution in [0.25, 0.3) is 21.3 Å². The van der Waals surface area contributed by atoms with Gasteiger partial charge in [0.2, 0.25) is 0 Å². The molecule has 1 aromatic carbocycles. The summed E-state index contributed by atoms with van der Waals surface area (Å²) in [5.41, 5.74) is 2.25. The first-order valence-electron chi connectivity index (χ1n) is 8.20. The number of rotatable bonds is 6. The highest BCUT2D eigenvalue weighted by Crippen LogP contribution is 2.37. The summed E-state index contributed by atoms with van der Waals surface area (Å²) in [6.07, 6.45) is 1.50. The zero-order valence-corrected chi connectivity index (χ0v) is 15.2. The molecule has 0 saturated heterocycles. The third-order valence-corrected chi connectivity index (χ3v) is 4.91. The molecule has 0 unspecified atom stereocenters. The van der Waals surface area contributed by atoms with Crippen LogP contribution in [0.15, 0.2) is 42.0 Å². The number of hydrogen-bond donors (Lipinski definition) is 2. The van der Waals surface area contributed by atoms with Crippen molar-refractivity contribution in [3.05, 3.63) is 53.7 Å². The molecule has 0 aliphatic rings. The Morgan fingerprint density at radius 3 is 2.81 bits per heavy atom. The van der Waals surface area contributed by atoms with Gasteiger partial charge in [-0.2, -0.15) is 5.10 Å². The zero-order valence-electron chi connectivity index (χ0n) is 14.4. The molecule has 2 N–H and O–H groups in total. The van der Waals surface area contributed by atoms with Gasteiger partial charge in [0.05, 0.1) is 11.4 Å². The van der Waals surface area contributed by atoms with E-state index in [1.165, 1.54) is 6.33 Å². The molecule has 0 fully saturated rings. The highest BCUT2D eigenvalue weighted by atomic mass is 32.1. The molecular weight excluding hydrogens is 348 g/mol. The van der Waals surface area contributed by atoms with Crippen molar-refractivity contribution in [1.29, 1.82) is 0 Å². The second kappa shape index (κ2) is 7.19. The van der Waals surface area contributed by atoms with Gasteiger partial charge in [0, 0.05) is 18.1 Å². The molecule has 4 aromatic rings. The summed E-state index contributed by atoms with van der Waals surface area (Å²) in [5, 5.41) is 13.4. The molecule has 26 heavy (non-hydrogen) atoms. The minimum atomic E-state index is -0.0745. The van der Waals surface area contributed by atoms with Crippen molar-refractivity contribution in [1.82, 2.24) is 25.1 Å². The average Bonchev–Trinajstić information content (AvgIpc) is 3.33. The Kier molecular flexibility index (Phi) is 4.59. The van der Waals surface area contributed by atoms with E-state index >= 15 is 0 Å². The van der Waals surface area contributed by atoms with Crippen molar-refractivity contribution < 1.29 is 4.74 Å². The van der Waals surface area contributed by atoms with E-state index in [-0.39, 0.29) is 6.04 Å². The second-order valence-electron chi connectivity index (χ2n) is 5.85. The first kappa shape index (κ1) is 16.6. The summed E-state index contributed by atoms with van der Waals surface area (Å²) in [4.78, 5) is 14.5. The fourth-order valence-corrected chi connectivity index (χ4v) is 3.78. The van der Waals surface area contributed by atoms with Gasteiger partial charge in [-0.15, -0.1) is 11.3 Å². The number of benzene rings is 1. The molecule has 0 saturated carbocycles. The fourth-order valence-electron chi connectivity index (χ4n) is 2.81. The van der Waals surface area contributed by atoms with Crippen molar-refractivity contribution in [2.45, 2.75) is 19.6 Å². The van der Waals surface area contributed by atoms with Crippen molar-refractivity contribution in [2.75, 3.05) is 12.4 Å². The van der Waals surface area contributed by atoms with E-state index in [0.717, 1.165) is 33.0 Å². The maximum atomic E-state index is 5.22. The number of anilines is 1. The van der Waals surface area contributed by atoms with Gasteiger partial charge in [-0.3, -0.25) is 5.10 Å². The Hall–Kier alpha value is -2.84. The second-order valence-corrected chi connectivity index (χ2v) is 6.71. The Labute approximate surface area is 154 Å². The van der Waals surface area contributed by atoms with Crippen LogP contribution in [0.4, 0.5) is 5.82 Å². The van der Waals surface area contributed by atoms with Gasteiger partial charge in [-0.1, -0.05) is 30.3 Å². The molecular formula is C18H18N6OS. The van der Waals surface area contributed by atoms with Crippen molar-refractivity contribution in [3.8, 4) is 11.1 Å². The Balaban J connectivity index is 1.83. The number of aromatic nitrogens is 5. The fraction of sp³-hybridized carbons (Fsp3) is 0.222. The third-order valence-electron chi connectivity index (χ3n) is 4.04. The molecule has 1 atom stereocenters. The summed E-state index contributed by atoms with van der Waals surface area (Å²) < 4.78 is 5.22. The van der Waals surface area contributed by atoms with Gasteiger partial charge in [0.15, 0.2) is 5.82 Å². The van der Waals surface area contributed by atoms with E-state index in [4.69, 9.17) is 9.72 Å². The van der Waals surface area contributed by atoms with Crippen LogP contribution < -0.4 is 5.32 Å². The van der Waals surface area contributed by atoms with Crippen LogP contribution in [0.1, 0.15) is 24.6 Å². The number of H-pyrrole nitrogens is 1. The predicted molar refractivity (Wildman–Crippen MR) is 102 cm³/mol. The van der Waals surface area contributed by atoms with Crippen LogP contribution in [-0.2, 0) is 11.3 Å². The van der Waals surface area contributed by atoms with E-state index in [2.05, 4.69) is 43.0 Å². The van der Waals surface area contributed by atoms with E-state index in [0.29, 0.717) is 12.4 Å². The highest BCUT2D eigenvalue weighted by molar-refractivity contribution is 7.17. The summed E-state index contributed by atoms with van der Waals surface area (Å²) in [5.74, 6) is 2.17. The first-order chi connectivity index (χ1) is 12.8. The maximum absolute atomic E-state index is 5.22. The normalized spacial score (nSPS) is 12.4. The SMILES string of the molecule is COCc1nc(N[C@H](C)c2ncn[nH]2)c2c(-c3ccccc3)csc2n1. The lowest BCUT2D eigenvalue weighted by Crippen LogP contribution is -2.11. The molecule has 8 heteroatoms. The highest BCUT2D eigenvalue weighted by Gasteiger charge is 2.18. The molecule has 7 nitrogen and oxygen atoms in total. The van der Waals surface area contributed by atoms with Crippen molar-refractivity contribution in [2.24, 2.45) is 0 Å². The summed E-state index contributed by atoms with van der Waals surface area (Å²) >= 11 is 1.61. The number of hydrogen-bond acceptors (Lipinski definition) is 7. The predicted octanol–water partition coefficient (Wildman–Crippen LogP) is 3.80. The molecule has 3 heterocycles. The topological polar surface area (TPSA) is 88.6 Å². The maximum Gasteiger partial charge on any atom is 0.158 e. The first-order valence-corrected chi connectivity index (χ1v) is 9.08. The monoisotopic (exact) mass is 366 g/mol. The van der Waals surface area contributed by atoms with Crippen LogP contribution >= 0.6 is 11.3 Å². The number of nitrogens with zero attached hydrogens (tertiary/aromatic N) is 4. The van der Waals surface area contributed by atoms with Gasteiger partial charge in [0.25, 0.3) is 0 Å². The molecule has 0 aliphatic carbocycles. The summed E-state index contributed by atoms with van der Waals surface area (Å²) in [6, 6.07) is 10.2. The van der Waals surface area contributed by atoms with Gasteiger partial charge in [-0.05, 0) is 12.5 Å². The molecule has 0 aliphatic heterocycles. The van der Waals surface area contributed by atoms with Crippen molar-refractivity contribution in [3.63, 3.8) is 0 Å². The number of aromatic amines is 1. The van der Waals surface area contributed by atoms with Gasteiger partial charge >= 0.3 is 0 Å². The van der Waals surface area contributed by atoms with Crippen LogP contribution in [0.3, 0.4) is 0 Å². The molecule has 0 bridgehead atoms. The summed E-state index contributed by atoms with van der Waals surface area (Å²) in [7, 11) is 1.64. The quantitative estimate of drug-likeness (QED) is 0.540. The van der Waals surface area contributed by atoms with E-state index < -0.39 is 0 Å². The van der Waals surface area contributed by atoms with Gasteiger partial charge in [0.1, 0.15) is 29.4 Å². The largest absolute Gasteiger partial charge is 0.377 e. The number of nitrogens with one attached hydrogen (secondary N) is 2. The van der Waals surface area contributed by atoms with Crippen LogP contribution in [-0.4, -0.2) is 32.3 Å². The van der Waals surface area contributed by atoms with E-state index in [1.54, 1.807) is 18.4 Å². The lowest BCUT2D eigenvalue weighted by Gasteiger charge is -2.14. The van der Waals surface area contributed by atoms with E-state index in [9.17, 15) is 0 Å². The minimum absolute atomic E-state index is 0.0745. The summed E-state index contributed by atoms with van der Waals surface area (Å²) in [6.45, 7) is 2.37. The number of thiophene rings is 1. The molecule has 0 spiro atoms. The van der Waals surface area contributed by atoms with Crippen LogP contribution in [0.5, 0.6) is 0 Å². The molecule has 0 radical (unpaired) electrons. The standard InChI is InChI=1S/C18H18N6OS/c1-11(16-19-10-20-24-16)21-17-15-13(12-6-4-3-5-7-12)9-26-18(15)23-14(22-17)8-25-2/h3-7,9-11H,8H2,1-2H3,(H,19,20,24)(H,21,22,23)/t11-/m1/s1. The smallest absolute Gasteiger partial charge is 0.158 e. The molecule has 4 rings (SSSR count). The average molecular weight is 366 g/mol. The third kappa shape index (κ3) is 3.16. The van der Waals surface area contributed by atoms with Crippen molar-refractivity contribution >= 4 is 27.4 Å². The molecule has 3 aromatic heterocycles. The van der Waals surface area contributed by atoms with Gasteiger partial charge < -0.3 is 10.1 Å². The van der Waals surface area contributed by atoms with Crippen LogP contribution in [0, 0.1) is 0 Å². The number of ether oxygens (including phenoxy) is 1. The molecule has 0 amide bonds.